The Morgan fingerprint density at radius 1 is 0.300 bits per heavy atom. The largest absolute Gasteiger partial charge is 0.114 e. The molecular weight excluding hydrogens is 883 g/mol. The topological polar surface area (TPSA) is 0 Å². The van der Waals surface area contributed by atoms with Gasteiger partial charge in [-0.1, -0.05) is 0 Å². The number of hydrogen-bond acceptors (Lipinski definition) is 0. The van der Waals surface area contributed by atoms with E-state index in [1.54, 1.807) is 0 Å². The minimum absolute atomic E-state index is 0. The van der Waals surface area contributed by atoms with Crippen molar-refractivity contribution in [3.63, 3.8) is 0 Å². The van der Waals surface area contributed by atoms with Crippen molar-refractivity contribution in [2.45, 2.75) is 0 Å². The van der Waals surface area contributed by atoms with E-state index in [2.05, 4.69) is 0 Å². The monoisotopic (exact) mass is 887 g/mol. The second-order valence-corrected chi connectivity index (χ2v) is 0. The lowest BCUT2D eigenvalue weighted by atomic mass is 28.1. The molecule has 8 radical (unpaired) electrons. The molecule has 0 unspecified atom stereocenters. The van der Waals surface area contributed by atoms with E-state index < -0.39 is 0 Å². The third-order valence-electron chi connectivity index (χ3n) is 0. The molecule has 0 heterocycles. The maximum atomic E-state index is 0. The van der Waals surface area contributed by atoms with Crippen molar-refractivity contribution in [3.05, 3.63) is 0 Å². The van der Waals surface area contributed by atoms with Crippen LogP contribution in [-0.4, -0.2) is 21.9 Å². The smallest absolute Gasteiger partial charge is 0 e. The highest BCUT2D eigenvalue weighted by Crippen LogP contribution is 0.889. The van der Waals surface area contributed by atoms with Crippen LogP contribution in [0, 0.1) is 0 Å². The van der Waals surface area contributed by atoms with Gasteiger partial charge in [0.2, 0.25) is 0 Å². The first-order valence-corrected chi connectivity index (χ1v) is 0. The molecule has 0 amide bonds. The van der Waals surface area contributed by atoms with E-state index in [9.17, 15) is 0 Å². The first-order chi connectivity index (χ1) is 0. The molecule has 0 fully saturated rings. The van der Waals surface area contributed by atoms with Crippen molar-refractivity contribution in [1.82, 2.24) is 0 Å². The molecule has 0 aromatic carbocycles. The maximum Gasteiger partial charge on any atom is 0 e. The average Bonchev–Trinajstić information content (AvgIpc) is 0. The molecule has 0 nitrogen and oxygen atoms in total. The predicted octanol–water partition coefficient (Wildman–Crippen LogP) is 4.02. The molecule has 0 aromatic rings. The predicted molar refractivity (Wildman–Crippen MR) is 114 cm³/mol. The summed E-state index contributed by atoms with van der Waals surface area (Å²) in [6.07, 6.45) is 0. The summed E-state index contributed by atoms with van der Waals surface area (Å²) in [5, 5.41) is 0. The van der Waals surface area contributed by atoms with E-state index in [1.807, 2.05) is 0 Å². The Labute approximate surface area is 182 Å². The Morgan fingerprint density at radius 2 is 0.300 bits per heavy atom. The highest BCUT2D eigenvalue weighted by Gasteiger charge is 0.00115. The Kier molecular flexibility index (Phi) is 1010. The van der Waals surface area contributed by atoms with Crippen LogP contribution in [0.1, 0.15) is 0 Å². The van der Waals surface area contributed by atoms with E-state index in [1.165, 1.54) is 0 Å². The lowest BCUT2D eigenvalue weighted by Gasteiger charge is -0.115. The molecule has 0 aliphatic carbocycles. The molecule has 10 heteroatoms. The standard InChI is InChI=1S/4BrH.4HI.2Si/h8*1H;;. The van der Waals surface area contributed by atoms with Crippen LogP contribution in [0.25, 0.3) is 0 Å². The molecule has 0 N–H and O–H groups in total. The zero-order chi connectivity index (χ0) is 0. The second-order valence-electron chi connectivity index (χ2n) is 0. The molecule has 0 aliphatic heterocycles. The fraction of sp³-hybridized carbons (Fsp3) is 0. The van der Waals surface area contributed by atoms with Crippen LogP contribution in [0.4, 0.5) is 0 Å². The second kappa shape index (κ2) is 90.4. The zero-order valence-corrected chi connectivity index (χ0v) is 22.4. The van der Waals surface area contributed by atoms with Gasteiger partial charge in [-0.3, -0.25) is 0 Å². The van der Waals surface area contributed by atoms with Crippen LogP contribution >= 0.6 is 164 Å². The fourth-order valence-corrected chi connectivity index (χ4v) is 0. The van der Waals surface area contributed by atoms with Crippen molar-refractivity contribution in [2.24, 2.45) is 0 Å². The summed E-state index contributed by atoms with van der Waals surface area (Å²) in [7, 11) is 0. The summed E-state index contributed by atoms with van der Waals surface area (Å²) < 4.78 is 0. The van der Waals surface area contributed by atoms with Gasteiger partial charge in [-0.2, -0.15) is 0 Å². The van der Waals surface area contributed by atoms with Gasteiger partial charge in [0.25, 0.3) is 0 Å². The van der Waals surface area contributed by atoms with Gasteiger partial charge in [0.15, 0.2) is 0 Å². The number of rotatable bonds is 0. The van der Waals surface area contributed by atoms with E-state index in [0.717, 1.165) is 0 Å². The van der Waals surface area contributed by atoms with Crippen molar-refractivity contribution in [3.8, 4) is 0 Å². The first-order valence-electron chi connectivity index (χ1n) is 0. The average molecular weight is 891 g/mol. The van der Waals surface area contributed by atoms with Crippen LogP contribution < -0.4 is 0 Å². The molecule has 72 valence electrons. The highest BCUT2D eigenvalue weighted by atomic mass is 127. The van der Waals surface area contributed by atoms with Crippen LogP contribution in [-0.2, 0) is 0 Å². The van der Waals surface area contributed by atoms with Crippen molar-refractivity contribution in [1.29, 1.82) is 0 Å². The number of halogens is 8. The van der Waals surface area contributed by atoms with Crippen LogP contribution in [0.2, 0.25) is 0 Å². The van der Waals surface area contributed by atoms with Crippen molar-refractivity contribution < 1.29 is 0 Å². The summed E-state index contributed by atoms with van der Waals surface area (Å²) in [4.78, 5) is 0. The summed E-state index contributed by atoms with van der Waals surface area (Å²) in [6, 6.07) is 0. The van der Waals surface area contributed by atoms with Gasteiger partial charge in [-0.05, 0) is 0 Å². The van der Waals surface area contributed by atoms with Gasteiger partial charge in [0.1, 0.15) is 0 Å². The Morgan fingerprint density at radius 3 is 0.300 bits per heavy atom. The van der Waals surface area contributed by atoms with Crippen molar-refractivity contribution in [2.75, 3.05) is 0 Å². The molecule has 0 saturated heterocycles. The van der Waals surface area contributed by atoms with E-state index >= 15 is 0 Å². The maximum absolute atomic E-state index is 0. The minimum atomic E-state index is 0. The minimum Gasteiger partial charge on any atom is -0.114 e. The molecular formula is H8Br4I4Si2. The highest BCUT2D eigenvalue weighted by molar-refractivity contribution is 14.0. The quantitative estimate of drug-likeness (QED) is 0.255. The third-order valence-corrected chi connectivity index (χ3v) is 0. The SMILES string of the molecule is Br.Br.Br.Br.I.I.I.I.[Si].[Si]. The van der Waals surface area contributed by atoms with Gasteiger partial charge >= 0.3 is 0 Å². The first kappa shape index (κ1) is 112. The number of hydrogen-bond donors (Lipinski definition) is 0. The van der Waals surface area contributed by atoms with Gasteiger partial charge in [0, 0.05) is 21.9 Å². The molecule has 0 aromatic heterocycles. The Hall–Kier alpha value is 5.27. The van der Waals surface area contributed by atoms with Gasteiger partial charge in [-0.25, -0.2) is 0 Å². The summed E-state index contributed by atoms with van der Waals surface area (Å²) in [5.41, 5.74) is 0. The Bertz CT molecular complexity index is 15.2. The van der Waals surface area contributed by atoms with Gasteiger partial charge < -0.3 is 0 Å². The third kappa shape index (κ3) is 71.9. The van der Waals surface area contributed by atoms with Gasteiger partial charge in [0.05, 0.1) is 0 Å². The molecule has 0 bridgehead atoms. The van der Waals surface area contributed by atoms with Crippen molar-refractivity contribution >= 4 is 186 Å². The molecule has 0 rings (SSSR count). The lowest BCUT2D eigenvalue weighted by Crippen LogP contribution is -0.382. The summed E-state index contributed by atoms with van der Waals surface area (Å²) >= 11 is 0. The molecule has 0 saturated carbocycles. The molecule has 0 aliphatic rings. The zero-order valence-electron chi connectivity index (χ0n) is 4.27. The normalized spacial score (nSPS) is 0. The van der Waals surface area contributed by atoms with Crippen LogP contribution in [0.5, 0.6) is 0 Å². The van der Waals surface area contributed by atoms with E-state index in [-0.39, 0.29) is 186 Å². The van der Waals surface area contributed by atoms with E-state index in [0.29, 0.717) is 0 Å². The molecule has 10 heavy (non-hydrogen) atoms. The Balaban J connectivity index is 0. The lowest BCUT2D eigenvalue weighted by molar-refractivity contribution is 5.75. The fourth-order valence-electron chi connectivity index (χ4n) is 0. The van der Waals surface area contributed by atoms with Crippen LogP contribution in [0.15, 0.2) is 0 Å². The van der Waals surface area contributed by atoms with Crippen LogP contribution in [0.3, 0.4) is 0 Å². The summed E-state index contributed by atoms with van der Waals surface area (Å²) in [5.74, 6) is 0. The van der Waals surface area contributed by atoms with Gasteiger partial charge in [-0.15, -0.1) is 164 Å². The summed E-state index contributed by atoms with van der Waals surface area (Å²) in [6.45, 7) is 0. The van der Waals surface area contributed by atoms with E-state index in [4.69, 9.17) is 0 Å². The molecule has 0 atom stereocenters. The molecule has 0 spiro atoms.